The van der Waals surface area contributed by atoms with Gasteiger partial charge in [0.05, 0.1) is 12.0 Å². The van der Waals surface area contributed by atoms with E-state index in [9.17, 15) is 14.7 Å². The summed E-state index contributed by atoms with van der Waals surface area (Å²) in [5.74, 6) is -1.10. The molecule has 0 aromatic carbocycles. The van der Waals surface area contributed by atoms with Crippen LogP contribution in [-0.4, -0.2) is 71.2 Å². The normalized spacial score (nSPS) is 20.1. The van der Waals surface area contributed by atoms with Gasteiger partial charge in [-0.15, -0.1) is 0 Å². The van der Waals surface area contributed by atoms with Crippen LogP contribution in [0.15, 0.2) is 0 Å². The number of hydrogen-bond donors (Lipinski definition) is 2. The molecule has 1 atom stereocenters. The molecule has 0 bridgehead atoms. The van der Waals surface area contributed by atoms with E-state index in [0.717, 1.165) is 19.5 Å². The number of amides is 1. The minimum Gasteiger partial charge on any atom is -0.481 e. The number of hydrogen-bond acceptors (Lipinski definition) is 4. The molecule has 1 amide bonds. The number of β-amino-alcohol motifs (C(OH)–C–C–N with tert-alkyl or cyclic N) is 1. The Balaban J connectivity index is 2.64. The van der Waals surface area contributed by atoms with Crippen molar-refractivity contribution in [3.63, 3.8) is 0 Å². The van der Waals surface area contributed by atoms with Crippen molar-refractivity contribution in [2.75, 3.05) is 39.3 Å². The molecule has 0 aliphatic carbocycles. The first-order valence-electron chi connectivity index (χ1n) is 7.65. The summed E-state index contributed by atoms with van der Waals surface area (Å²) in [6.07, 6.45) is 0.900. The van der Waals surface area contributed by atoms with E-state index in [1.807, 2.05) is 13.8 Å². The van der Waals surface area contributed by atoms with E-state index in [1.165, 1.54) is 0 Å². The van der Waals surface area contributed by atoms with Gasteiger partial charge in [-0.2, -0.15) is 0 Å². The lowest BCUT2D eigenvalue weighted by atomic mass is 9.76. The van der Waals surface area contributed by atoms with Gasteiger partial charge in [0.25, 0.3) is 0 Å². The summed E-state index contributed by atoms with van der Waals surface area (Å²) in [7, 11) is 0. The maximum absolute atomic E-state index is 12.4. The molecule has 1 saturated heterocycles. The second kappa shape index (κ2) is 7.75. The maximum atomic E-state index is 12.4. The minimum atomic E-state index is -1.02. The Labute approximate surface area is 126 Å². The second-order valence-electron chi connectivity index (χ2n) is 6.35. The van der Waals surface area contributed by atoms with Crippen LogP contribution < -0.4 is 0 Å². The lowest BCUT2D eigenvalue weighted by Crippen LogP contribution is -2.42. The Kier molecular flexibility index (Phi) is 6.61. The zero-order chi connectivity index (χ0) is 16.0. The number of carboxylic acids is 1. The van der Waals surface area contributed by atoms with E-state index in [0.29, 0.717) is 19.6 Å². The largest absolute Gasteiger partial charge is 0.481 e. The predicted molar refractivity (Wildman–Crippen MR) is 79.9 cm³/mol. The number of carbonyl (C=O) groups excluding carboxylic acids is 1. The molecule has 122 valence electrons. The van der Waals surface area contributed by atoms with Gasteiger partial charge in [0, 0.05) is 32.6 Å². The summed E-state index contributed by atoms with van der Waals surface area (Å²) in [4.78, 5) is 27.8. The molecule has 0 spiro atoms. The van der Waals surface area contributed by atoms with E-state index in [1.54, 1.807) is 11.8 Å². The first-order chi connectivity index (χ1) is 9.81. The fraction of sp³-hybridized carbons (Fsp3) is 0.867. The summed E-state index contributed by atoms with van der Waals surface area (Å²) >= 11 is 0. The Bertz CT molecular complexity index is 373. The number of rotatable bonds is 6. The van der Waals surface area contributed by atoms with Crippen molar-refractivity contribution in [2.24, 2.45) is 11.3 Å². The van der Waals surface area contributed by atoms with E-state index in [4.69, 9.17) is 5.11 Å². The van der Waals surface area contributed by atoms with E-state index in [2.05, 4.69) is 4.90 Å². The smallest absolute Gasteiger partial charge is 0.310 e. The monoisotopic (exact) mass is 300 g/mol. The van der Waals surface area contributed by atoms with Crippen molar-refractivity contribution in [2.45, 2.75) is 33.6 Å². The van der Waals surface area contributed by atoms with Crippen LogP contribution in [0.2, 0.25) is 0 Å². The number of carbonyl (C=O) groups is 2. The summed E-state index contributed by atoms with van der Waals surface area (Å²) < 4.78 is 0. The average molecular weight is 300 g/mol. The van der Waals surface area contributed by atoms with E-state index >= 15 is 0 Å². The van der Waals surface area contributed by atoms with Crippen molar-refractivity contribution in [1.82, 2.24) is 9.80 Å². The SMILES string of the molecule is CC(C)C(C)(CC(=O)N1CCCN(CCO)CC1)C(=O)O. The van der Waals surface area contributed by atoms with Crippen molar-refractivity contribution < 1.29 is 19.8 Å². The third-order valence-electron chi connectivity index (χ3n) is 4.64. The molecule has 1 fully saturated rings. The molecule has 6 nitrogen and oxygen atoms in total. The lowest BCUT2D eigenvalue weighted by molar-refractivity contribution is -0.155. The topological polar surface area (TPSA) is 81.1 Å². The number of carboxylic acid groups (broad SMARTS) is 1. The maximum Gasteiger partial charge on any atom is 0.310 e. The van der Waals surface area contributed by atoms with Gasteiger partial charge in [-0.1, -0.05) is 13.8 Å². The molecule has 0 aromatic heterocycles. The molecule has 1 heterocycles. The van der Waals surface area contributed by atoms with Crippen molar-refractivity contribution in [3.05, 3.63) is 0 Å². The number of aliphatic hydroxyl groups excluding tert-OH is 1. The quantitative estimate of drug-likeness (QED) is 0.753. The van der Waals surface area contributed by atoms with Gasteiger partial charge < -0.3 is 15.1 Å². The molecule has 1 rings (SSSR count). The molecule has 1 aliphatic rings. The van der Waals surface area contributed by atoms with Gasteiger partial charge in [-0.3, -0.25) is 14.5 Å². The molecule has 0 radical (unpaired) electrons. The van der Waals surface area contributed by atoms with Crippen LogP contribution >= 0.6 is 0 Å². The fourth-order valence-electron chi connectivity index (χ4n) is 2.54. The van der Waals surface area contributed by atoms with Crippen LogP contribution in [0.3, 0.4) is 0 Å². The fourth-order valence-corrected chi connectivity index (χ4v) is 2.54. The molecular formula is C15H28N2O4. The summed E-state index contributed by atoms with van der Waals surface area (Å²) in [5.41, 5.74) is -1.02. The Morgan fingerprint density at radius 1 is 1.19 bits per heavy atom. The molecule has 0 aromatic rings. The van der Waals surface area contributed by atoms with Crippen molar-refractivity contribution >= 4 is 11.9 Å². The molecule has 6 heteroatoms. The minimum absolute atomic E-state index is 0.0417. The van der Waals surface area contributed by atoms with Gasteiger partial charge in [0.2, 0.25) is 5.91 Å². The van der Waals surface area contributed by atoms with Crippen molar-refractivity contribution in [3.8, 4) is 0 Å². The van der Waals surface area contributed by atoms with Crippen molar-refractivity contribution in [1.29, 1.82) is 0 Å². The standard InChI is InChI=1S/C15H28N2O4/c1-12(2)15(3,14(20)21)11-13(19)17-6-4-5-16(7-8-17)9-10-18/h12,18H,4-11H2,1-3H3,(H,20,21). The highest BCUT2D eigenvalue weighted by molar-refractivity contribution is 5.85. The van der Waals surface area contributed by atoms with Crippen LogP contribution in [0.1, 0.15) is 33.6 Å². The third-order valence-corrected chi connectivity index (χ3v) is 4.64. The highest BCUT2D eigenvalue weighted by Crippen LogP contribution is 2.32. The second-order valence-corrected chi connectivity index (χ2v) is 6.35. The Hall–Kier alpha value is -1.14. The van der Waals surface area contributed by atoms with Crippen LogP contribution in [0.25, 0.3) is 0 Å². The van der Waals surface area contributed by atoms with E-state index in [-0.39, 0.29) is 24.9 Å². The molecule has 21 heavy (non-hydrogen) atoms. The van der Waals surface area contributed by atoms with Gasteiger partial charge in [-0.25, -0.2) is 0 Å². The highest BCUT2D eigenvalue weighted by atomic mass is 16.4. The Morgan fingerprint density at radius 3 is 2.38 bits per heavy atom. The molecule has 1 unspecified atom stereocenters. The Morgan fingerprint density at radius 2 is 1.86 bits per heavy atom. The van der Waals surface area contributed by atoms with Gasteiger partial charge in [0.1, 0.15) is 0 Å². The van der Waals surface area contributed by atoms with Gasteiger partial charge >= 0.3 is 5.97 Å². The summed E-state index contributed by atoms with van der Waals surface area (Å²) in [6, 6.07) is 0. The first-order valence-corrected chi connectivity index (χ1v) is 7.65. The number of aliphatic hydroxyl groups is 1. The van der Waals surface area contributed by atoms with Crippen LogP contribution in [0.4, 0.5) is 0 Å². The molecule has 2 N–H and O–H groups in total. The molecule has 0 saturated carbocycles. The van der Waals surface area contributed by atoms with Gasteiger partial charge in [-0.05, 0) is 25.8 Å². The number of aliphatic carboxylic acids is 1. The lowest BCUT2D eigenvalue weighted by Gasteiger charge is -2.31. The summed E-state index contributed by atoms with van der Waals surface area (Å²) in [6.45, 7) is 8.94. The third kappa shape index (κ3) is 4.68. The highest BCUT2D eigenvalue weighted by Gasteiger charge is 2.40. The molecule has 1 aliphatic heterocycles. The van der Waals surface area contributed by atoms with Crippen LogP contribution in [0.5, 0.6) is 0 Å². The van der Waals surface area contributed by atoms with Gasteiger partial charge in [0.15, 0.2) is 0 Å². The van der Waals surface area contributed by atoms with Crippen LogP contribution in [-0.2, 0) is 9.59 Å². The van der Waals surface area contributed by atoms with Crippen LogP contribution in [0, 0.1) is 11.3 Å². The zero-order valence-electron chi connectivity index (χ0n) is 13.3. The predicted octanol–water partition coefficient (Wildman–Crippen LogP) is 0.650. The first kappa shape index (κ1) is 17.9. The van der Waals surface area contributed by atoms with E-state index < -0.39 is 11.4 Å². The number of nitrogens with zero attached hydrogens (tertiary/aromatic N) is 2. The zero-order valence-corrected chi connectivity index (χ0v) is 13.3. The average Bonchev–Trinajstić information content (AvgIpc) is 2.64. The summed E-state index contributed by atoms with van der Waals surface area (Å²) in [5, 5.41) is 18.4. The molecular weight excluding hydrogens is 272 g/mol.